The largest absolute Gasteiger partial charge is 0.494 e. The molecule has 69 heavy (non-hydrogen) atoms. The van der Waals surface area contributed by atoms with Gasteiger partial charge in [-0.1, -0.05) is 42.5 Å². The molecule has 0 amide bonds. The van der Waals surface area contributed by atoms with Crippen molar-refractivity contribution in [3.8, 4) is 28.7 Å². The highest BCUT2D eigenvalue weighted by atomic mass is 16.5. The Morgan fingerprint density at radius 3 is 1.49 bits per heavy atom. The summed E-state index contributed by atoms with van der Waals surface area (Å²) in [6, 6.07) is 36.6. The predicted octanol–water partition coefficient (Wildman–Crippen LogP) is 11.4. The fraction of sp³-hybridized carbons (Fsp3) is 0.250. The van der Waals surface area contributed by atoms with Gasteiger partial charge in [-0.2, -0.15) is 0 Å². The minimum Gasteiger partial charge on any atom is -0.494 e. The van der Waals surface area contributed by atoms with Crippen LogP contribution in [0.5, 0.6) is 23.0 Å². The Kier molecular flexibility index (Phi) is 13.0. The number of hydrogen-bond acceptors (Lipinski definition) is 8. The topological polar surface area (TPSA) is 156 Å². The fourth-order valence-electron chi connectivity index (χ4n) is 9.67. The second kappa shape index (κ2) is 20.0. The summed E-state index contributed by atoms with van der Waals surface area (Å²) in [6.45, 7) is 1.94. The SMILES string of the molecule is O=C1CCc2ccc(OCCCCCOc3ccc4c5ccccc5n(C(C(=O)O)C(C(=O)O)n5c6ccccc6c6ccc(OCCCCCOc7ccc(-n8ccnc8)cc7)cc65)c4c3)cc21. The minimum atomic E-state index is -1.58. The van der Waals surface area contributed by atoms with Crippen LogP contribution in [0.2, 0.25) is 0 Å². The van der Waals surface area contributed by atoms with Crippen LogP contribution in [0.25, 0.3) is 49.3 Å². The number of aliphatic carboxylic acids is 2. The van der Waals surface area contributed by atoms with Gasteiger partial charge in [0, 0.05) is 63.7 Å². The van der Waals surface area contributed by atoms with E-state index in [1.807, 2.05) is 138 Å². The van der Waals surface area contributed by atoms with Crippen LogP contribution in [0.15, 0.2) is 146 Å². The lowest BCUT2D eigenvalue weighted by molar-refractivity contribution is -0.151. The fourth-order valence-corrected chi connectivity index (χ4v) is 9.67. The van der Waals surface area contributed by atoms with Crippen LogP contribution in [0.1, 0.15) is 73.0 Å². The van der Waals surface area contributed by atoms with Crippen molar-refractivity contribution in [2.75, 3.05) is 26.4 Å². The van der Waals surface area contributed by atoms with Crippen molar-refractivity contribution in [1.29, 1.82) is 0 Å². The first kappa shape index (κ1) is 44.8. The van der Waals surface area contributed by atoms with E-state index in [4.69, 9.17) is 18.9 Å². The number of unbranched alkanes of at least 4 members (excludes halogenated alkanes) is 4. The Balaban J connectivity index is 0.844. The molecule has 0 aliphatic heterocycles. The molecular formula is C56H52N4O9. The highest BCUT2D eigenvalue weighted by molar-refractivity contribution is 6.11. The molecule has 0 fully saturated rings. The molecule has 0 bridgehead atoms. The molecule has 10 rings (SSSR count). The lowest BCUT2D eigenvalue weighted by atomic mass is 10.1. The molecule has 2 unspecified atom stereocenters. The number of hydrogen-bond donors (Lipinski definition) is 2. The summed E-state index contributed by atoms with van der Waals surface area (Å²) in [4.78, 5) is 43.9. The maximum absolute atomic E-state index is 13.8. The van der Waals surface area contributed by atoms with Crippen molar-refractivity contribution in [1.82, 2.24) is 18.7 Å². The van der Waals surface area contributed by atoms with Gasteiger partial charge in [-0.3, -0.25) is 4.79 Å². The number of para-hydroxylation sites is 2. The Bertz CT molecular complexity index is 3300. The quantitative estimate of drug-likeness (QED) is 0.0627. The van der Waals surface area contributed by atoms with Crippen molar-refractivity contribution in [2.45, 2.75) is 63.5 Å². The zero-order valence-corrected chi connectivity index (χ0v) is 38.0. The molecule has 350 valence electrons. The van der Waals surface area contributed by atoms with Gasteiger partial charge in [0.25, 0.3) is 0 Å². The van der Waals surface area contributed by atoms with Crippen LogP contribution in [0.4, 0.5) is 0 Å². The summed E-state index contributed by atoms with van der Waals surface area (Å²) >= 11 is 0. The lowest BCUT2D eigenvalue weighted by Gasteiger charge is -2.26. The van der Waals surface area contributed by atoms with E-state index >= 15 is 0 Å². The van der Waals surface area contributed by atoms with Crippen molar-refractivity contribution < 1.29 is 43.5 Å². The number of ketones is 1. The van der Waals surface area contributed by atoms with Gasteiger partial charge in [0.05, 0.1) is 54.8 Å². The molecule has 9 aromatic rings. The van der Waals surface area contributed by atoms with E-state index in [-0.39, 0.29) is 5.78 Å². The number of imidazole rings is 1. The van der Waals surface area contributed by atoms with Gasteiger partial charge in [-0.05, 0) is 123 Å². The monoisotopic (exact) mass is 924 g/mol. The highest BCUT2D eigenvalue weighted by Gasteiger charge is 2.40. The summed E-state index contributed by atoms with van der Waals surface area (Å²) in [5.74, 6) is 0.189. The maximum Gasteiger partial charge on any atom is 0.329 e. The van der Waals surface area contributed by atoms with Gasteiger partial charge in [0.1, 0.15) is 23.0 Å². The van der Waals surface area contributed by atoms with Crippen LogP contribution in [0.3, 0.4) is 0 Å². The van der Waals surface area contributed by atoms with E-state index in [1.54, 1.807) is 21.7 Å². The zero-order valence-electron chi connectivity index (χ0n) is 38.0. The summed E-state index contributed by atoms with van der Waals surface area (Å²) in [6.07, 6.45) is 11.6. The average Bonchev–Trinajstić information content (AvgIpc) is 4.17. The number of carboxylic acid groups (broad SMARTS) is 2. The molecule has 2 atom stereocenters. The number of carboxylic acids is 2. The Labute approximate surface area is 398 Å². The average molecular weight is 925 g/mol. The molecule has 0 radical (unpaired) electrons. The third kappa shape index (κ3) is 9.32. The van der Waals surface area contributed by atoms with E-state index < -0.39 is 24.0 Å². The van der Waals surface area contributed by atoms with Crippen LogP contribution < -0.4 is 18.9 Å². The van der Waals surface area contributed by atoms with Gasteiger partial charge in [-0.25, -0.2) is 14.6 Å². The first-order valence-corrected chi connectivity index (χ1v) is 23.6. The molecule has 13 nitrogen and oxygen atoms in total. The van der Waals surface area contributed by atoms with E-state index in [2.05, 4.69) is 4.98 Å². The molecule has 1 aliphatic rings. The van der Waals surface area contributed by atoms with Crippen molar-refractivity contribution in [2.24, 2.45) is 0 Å². The summed E-state index contributed by atoms with van der Waals surface area (Å²) in [5.41, 5.74) is 5.14. The minimum absolute atomic E-state index is 0.168. The molecule has 6 aromatic carbocycles. The highest BCUT2D eigenvalue weighted by Crippen LogP contribution is 2.42. The third-order valence-electron chi connectivity index (χ3n) is 13.0. The number of rotatable bonds is 22. The third-order valence-corrected chi connectivity index (χ3v) is 13.0. The maximum atomic E-state index is 13.8. The van der Waals surface area contributed by atoms with E-state index in [0.29, 0.717) is 72.2 Å². The predicted molar refractivity (Wildman–Crippen MR) is 265 cm³/mol. The van der Waals surface area contributed by atoms with Gasteiger partial charge < -0.3 is 42.9 Å². The zero-order chi connectivity index (χ0) is 47.3. The molecule has 2 N–H and O–H groups in total. The molecule has 13 heteroatoms. The summed E-state index contributed by atoms with van der Waals surface area (Å²) in [5, 5.41) is 25.7. The molecule has 1 aliphatic carbocycles. The van der Waals surface area contributed by atoms with Crippen LogP contribution in [0, 0.1) is 0 Å². The number of fused-ring (bicyclic) bond motifs is 7. The number of aryl methyl sites for hydroxylation is 1. The molecule has 0 spiro atoms. The van der Waals surface area contributed by atoms with E-state index in [9.17, 15) is 24.6 Å². The first-order valence-electron chi connectivity index (χ1n) is 23.6. The first-order chi connectivity index (χ1) is 33.8. The number of nitrogens with zero attached hydrogens (tertiary/aromatic N) is 4. The van der Waals surface area contributed by atoms with Gasteiger partial charge in [0.15, 0.2) is 17.9 Å². The Hall–Kier alpha value is -8.06. The Morgan fingerprint density at radius 1 is 0.522 bits per heavy atom. The Morgan fingerprint density at radius 2 is 0.986 bits per heavy atom. The molecule has 3 heterocycles. The normalized spacial score (nSPS) is 13.2. The molecule has 0 saturated heterocycles. The number of Topliss-reactive ketones (excluding diaryl/α,β-unsaturated/α-hetero) is 1. The van der Waals surface area contributed by atoms with E-state index in [0.717, 1.165) is 89.1 Å². The van der Waals surface area contributed by atoms with Crippen molar-refractivity contribution in [3.63, 3.8) is 0 Å². The van der Waals surface area contributed by atoms with Crippen molar-refractivity contribution in [3.05, 3.63) is 157 Å². The summed E-state index contributed by atoms with van der Waals surface area (Å²) in [7, 11) is 0. The second-order valence-electron chi connectivity index (χ2n) is 17.4. The summed E-state index contributed by atoms with van der Waals surface area (Å²) < 4.78 is 29.6. The molecule has 0 saturated carbocycles. The smallest absolute Gasteiger partial charge is 0.329 e. The van der Waals surface area contributed by atoms with Crippen molar-refractivity contribution >= 4 is 61.3 Å². The van der Waals surface area contributed by atoms with Crippen LogP contribution >= 0.6 is 0 Å². The van der Waals surface area contributed by atoms with Gasteiger partial charge >= 0.3 is 11.9 Å². The number of aromatic nitrogens is 4. The number of ether oxygens (including phenoxy) is 4. The second-order valence-corrected chi connectivity index (χ2v) is 17.4. The van der Waals surface area contributed by atoms with E-state index in [1.165, 1.54) is 0 Å². The van der Waals surface area contributed by atoms with Crippen LogP contribution in [-0.2, 0) is 16.0 Å². The number of benzene rings is 6. The molecule has 3 aromatic heterocycles. The number of carbonyl (C=O) groups is 3. The standard InChI is InChI=1S/C56H52N4O9/c61-52-26-16-37-15-19-40(33-47(37)52)67-30-8-2-10-32-69-42-23-25-46-44-12-4-6-14-49(44)60(51(46)35-42)54(56(64)65)53(55(62)63)59-48-13-5-3-11-43(48)45-24-22-41(34-50(45)59)68-31-9-1-7-29-66-39-20-17-38(18-21-39)58-28-27-57-36-58/h3-6,11-15,17-25,27-28,33-36,53-54H,1-2,7-10,16,26,29-32H2,(H,62,63)(H,64,65). The lowest BCUT2D eigenvalue weighted by Crippen LogP contribution is -2.34. The number of carbonyl (C=O) groups excluding carboxylic acids is 1. The van der Waals surface area contributed by atoms with Gasteiger partial charge in [-0.15, -0.1) is 0 Å². The van der Waals surface area contributed by atoms with Crippen LogP contribution in [-0.4, -0.2) is 73.0 Å². The van der Waals surface area contributed by atoms with Gasteiger partial charge in [0.2, 0.25) is 0 Å². The molecular weight excluding hydrogens is 873 g/mol.